The number of fused-ring (bicyclic) bond motifs is 1. The molecule has 4 rings (SSSR count). The summed E-state index contributed by atoms with van der Waals surface area (Å²) in [6, 6.07) is 15.3. The fourth-order valence-electron chi connectivity index (χ4n) is 2.23. The molecule has 1 aromatic carbocycles. The van der Waals surface area contributed by atoms with E-state index in [0.717, 1.165) is 20.0 Å². The Bertz CT molecular complexity index is 986. The van der Waals surface area contributed by atoms with E-state index in [1.165, 1.54) is 0 Å². The zero-order chi connectivity index (χ0) is 16.4. The number of nitrogens with one attached hydrogen (secondary N) is 1. The molecular formula is C18H12N3OS2-. The lowest BCUT2D eigenvalue weighted by atomic mass is 10.3. The second-order valence-electron chi connectivity index (χ2n) is 4.98. The van der Waals surface area contributed by atoms with Crippen molar-refractivity contribution in [3.8, 4) is 11.5 Å². The molecule has 0 unspecified atom stereocenters. The largest absolute Gasteiger partial charge is 0.479 e. The van der Waals surface area contributed by atoms with Gasteiger partial charge in [-0.05, 0) is 41.5 Å². The van der Waals surface area contributed by atoms with E-state index < -0.39 is 0 Å². The Morgan fingerprint density at radius 2 is 1.92 bits per heavy atom. The molecule has 0 aliphatic rings. The van der Waals surface area contributed by atoms with Crippen molar-refractivity contribution in [1.82, 2.24) is 9.97 Å². The van der Waals surface area contributed by atoms with Crippen LogP contribution in [0.25, 0.3) is 16.0 Å². The number of benzene rings is 1. The fraction of sp³-hybridized carbons (Fsp3) is 0. The Labute approximate surface area is 147 Å². The van der Waals surface area contributed by atoms with Gasteiger partial charge in [0.15, 0.2) is 0 Å². The van der Waals surface area contributed by atoms with Crippen LogP contribution in [0.3, 0.4) is 0 Å². The first-order valence-corrected chi connectivity index (χ1v) is 8.94. The number of hydrogen-bond donors (Lipinski definition) is 0. The molecule has 4 nitrogen and oxygen atoms in total. The van der Waals surface area contributed by atoms with Crippen LogP contribution in [0, 0.1) is 0 Å². The molecule has 0 fully saturated rings. The number of hydrogen-bond acceptors (Lipinski definition) is 5. The molecule has 0 saturated carbocycles. The topological polar surface area (TPSA) is 58.8 Å². The van der Waals surface area contributed by atoms with Crippen molar-refractivity contribution in [3.63, 3.8) is 0 Å². The quantitative estimate of drug-likeness (QED) is 0.432. The lowest BCUT2D eigenvalue weighted by molar-refractivity contribution is 0.482. The molecule has 118 valence electrons. The van der Waals surface area contributed by atoms with Gasteiger partial charge < -0.3 is 15.5 Å². The molecule has 0 saturated heterocycles. The standard InChI is InChI=1S/C18H12N3OS2/c19-18-15(22-12-4-2-1-3-5-12)10-13(11-21-18)24-16-6-8-20-14-7-9-23-17(14)16/h1-11H,(H-,19,21)/q-1. The number of nitrogens with zero attached hydrogens (tertiary/aromatic N) is 2. The van der Waals surface area contributed by atoms with Gasteiger partial charge in [-0.1, -0.05) is 36.2 Å². The lowest BCUT2D eigenvalue weighted by Crippen LogP contribution is -1.87. The van der Waals surface area contributed by atoms with Gasteiger partial charge in [-0.15, -0.1) is 11.3 Å². The summed E-state index contributed by atoms with van der Waals surface area (Å²) in [5, 5.41) is 2.04. The van der Waals surface area contributed by atoms with E-state index in [0.29, 0.717) is 11.5 Å². The number of ether oxygens (including phenoxy) is 1. The number of para-hydroxylation sites is 1. The molecular weight excluding hydrogens is 338 g/mol. The Balaban J connectivity index is 1.64. The van der Waals surface area contributed by atoms with E-state index in [2.05, 4.69) is 9.97 Å². The summed E-state index contributed by atoms with van der Waals surface area (Å²) in [5.41, 5.74) is 8.95. The van der Waals surface area contributed by atoms with Gasteiger partial charge in [0, 0.05) is 16.0 Å². The maximum atomic E-state index is 7.95. The number of aromatic nitrogens is 2. The highest BCUT2D eigenvalue weighted by Crippen LogP contribution is 2.38. The summed E-state index contributed by atoms with van der Waals surface area (Å²) < 4.78 is 6.94. The Morgan fingerprint density at radius 3 is 2.79 bits per heavy atom. The van der Waals surface area contributed by atoms with Gasteiger partial charge in [0.25, 0.3) is 0 Å². The van der Waals surface area contributed by atoms with E-state index in [4.69, 9.17) is 10.5 Å². The maximum Gasteiger partial charge on any atom is 0.127 e. The van der Waals surface area contributed by atoms with Crippen molar-refractivity contribution in [2.24, 2.45) is 0 Å². The number of thiophene rings is 1. The summed E-state index contributed by atoms with van der Waals surface area (Å²) in [5.74, 6) is 1.27. The van der Waals surface area contributed by atoms with E-state index in [1.54, 1.807) is 29.3 Å². The molecule has 24 heavy (non-hydrogen) atoms. The molecule has 0 radical (unpaired) electrons. The SMILES string of the molecule is [NH-]c1ncc(Sc2ccnc3ccsc23)cc1Oc1ccccc1. The predicted octanol–water partition coefficient (Wildman–Crippen LogP) is 6.32. The second-order valence-corrected chi connectivity index (χ2v) is 7.01. The van der Waals surface area contributed by atoms with Crippen LogP contribution in [-0.2, 0) is 0 Å². The third-order valence-electron chi connectivity index (χ3n) is 3.33. The minimum Gasteiger partial charge on any atom is -0.479 e. The van der Waals surface area contributed by atoms with Gasteiger partial charge in [0.1, 0.15) is 11.5 Å². The molecule has 0 amide bonds. The molecule has 1 N–H and O–H groups in total. The van der Waals surface area contributed by atoms with E-state index in [9.17, 15) is 0 Å². The molecule has 0 aliphatic heterocycles. The Morgan fingerprint density at radius 1 is 1.04 bits per heavy atom. The average molecular weight is 350 g/mol. The Hall–Kier alpha value is -2.57. The maximum absolute atomic E-state index is 7.95. The van der Waals surface area contributed by atoms with Crippen LogP contribution in [0.15, 0.2) is 76.1 Å². The highest BCUT2D eigenvalue weighted by molar-refractivity contribution is 7.99. The van der Waals surface area contributed by atoms with Crippen LogP contribution >= 0.6 is 23.1 Å². The molecule has 0 atom stereocenters. The summed E-state index contributed by atoms with van der Waals surface area (Å²) in [4.78, 5) is 10.6. The molecule has 0 bridgehead atoms. The lowest BCUT2D eigenvalue weighted by Gasteiger charge is -2.14. The van der Waals surface area contributed by atoms with Crippen molar-refractivity contribution in [2.45, 2.75) is 9.79 Å². The van der Waals surface area contributed by atoms with Gasteiger partial charge in [-0.2, -0.15) is 0 Å². The minimum absolute atomic E-state index is 0.124. The van der Waals surface area contributed by atoms with E-state index in [-0.39, 0.29) is 5.82 Å². The first-order valence-electron chi connectivity index (χ1n) is 7.24. The highest BCUT2D eigenvalue weighted by atomic mass is 32.2. The molecule has 0 spiro atoms. The van der Waals surface area contributed by atoms with Crippen LogP contribution in [0.5, 0.6) is 11.5 Å². The van der Waals surface area contributed by atoms with Crippen molar-refractivity contribution >= 4 is 39.1 Å². The van der Waals surface area contributed by atoms with Gasteiger partial charge >= 0.3 is 0 Å². The zero-order valence-electron chi connectivity index (χ0n) is 12.5. The zero-order valence-corrected chi connectivity index (χ0v) is 14.1. The third kappa shape index (κ3) is 3.06. The fourth-order valence-corrected chi connectivity index (χ4v) is 4.11. The molecule has 0 aliphatic carbocycles. The van der Waals surface area contributed by atoms with Crippen molar-refractivity contribution in [1.29, 1.82) is 0 Å². The first kappa shape index (κ1) is 15.0. The summed E-state index contributed by atoms with van der Waals surface area (Å²) in [7, 11) is 0. The van der Waals surface area contributed by atoms with Crippen molar-refractivity contribution < 1.29 is 4.74 Å². The second kappa shape index (κ2) is 6.51. The van der Waals surface area contributed by atoms with Crippen molar-refractivity contribution in [3.05, 3.63) is 72.0 Å². The van der Waals surface area contributed by atoms with Gasteiger partial charge in [-0.25, -0.2) is 0 Å². The molecule has 6 heteroatoms. The summed E-state index contributed by atoms with van der Waals surface area (Å²) in [6.45, 7) is 0. The molecule has 3 aromatic heterocycles. The van der Waals surface area contributed by atoms with Crippen LogP contribution in [0.1, 0.15) is 0 Å². The van der Waals surface area contributed by atoms with Crippen LogP contribution < -0.4 is 4.74 Å². The van der Waals surface area contributed by atoms with E-state index >= 15 is 0 Å². The number of rotatable bonds is 4. The molecule has 4 aromatic rings. The van der Waals surface area contributed by atoms with Crippen LogP contribution in [0.4, 0.5) is 5.82 Å². The minimum atomic E-state index is 0.124. The van der Waals surface area contributed by atoms with Crippen LogP contribution in [-0.4, -0.2) is 9.97 Å². The first-order chi connectivity index (χ1) is 11.8. The number of pyridine rings is 2. The summed E-state index contributed by atoms with van der Waals surface area (Å²) in [6.07, 6.45) is 3.51. The van der Waals surface area contributed by atoms with Gasteiger partial charge in [-0.3, -0.25) is 4.98 Å². The van der Waals surface area contributed by atoms with Gasteiger partial charge in [0.2, 0.25) is 0 Å². The Kier molecular flexibility index (Phi) is 4.06. The summed E-state index contributed by atoms with van der Waals surface area (Å²) >= 11 is 3.27. The van der Waals surface area contributed by atoms with Gasteiger partial charge in [0.05, 0.1) is 10.2 Å². The predicted molar refractivity (Wildman–Crippen MR) is 98.5 cm³/mol. The van der Waals surface area contributed by atoms with E-state index in [1.807, 2.05) is 60.1 Å². The molecule has 3 heterocycles. The average Bonchev–Trinajstić information content (AvgIpc) is 3.09. The normalized spacial score (nSPS) is 10.8. The smallest absolute Gasteiger partial charge is 0.127 e. The monoisotopic (exact) mass is 350 g/mol. The third-order valence-corrected chi connectivity index (χ3v) is 5.42. The van der Waals surface area contributed by atoms with Crippen molar-refractivity contribution in [2.75, 3.05) is 0 Å². The van der Waals surface area contributed by atoms with Crippen LogP contribution in [0.2, 0.25) is 0 Å². The highest BCUT2D eigenvalue weighted by Gasteiger charge is 2.07.